The highest BCUT2D eigenvalue weighted by molar-refractivity contribution is 6.31. The van der Waals surface area contributed by atoms with E-state index < -0.39 is 19.1 Å². The predicted molar refractivity (Wildman–Crippen MR) is 63.9 cm³/mol. The summed E-state index contributed by atoms with van der Waals surface area (Å²) >= 11 is 5.93. The maximum absolute atomic E-state index is 11.8. The van der Waals surface area contributed by atoms with E-state index >= 15 is 0 Å². The quantitative estimate of drug-likeness (QED) is 0.746. The van der Waals surface area contributed by atoms with Crippen LogP contribution in [0.25, 0.3) is 0 Å². The molecule has 1 rings (SSSR count). The van der Waals surface area contributed by atoms with Crippen molar-refractivity contribution in [3.8, 4) is 0 Å². The molecule has 0 saturated carbocycles. The SMILES string of the molecule is CCCn1ncc(Cl)c1C(O)CCOCC(F)F. The van der Waals surface area contributed by atoms with Crippen molar-refractivity contribution in [3.05, 3.63) is 16.9 Å². The largest absolute Gasteiger partial charge is 0.387 e. The van der Waals surface area contributed by atoms with Crippen molar-refractivity contribution < 1.29 is 18.6 Å². The van der Waals surface area contributed by atoms with Gasteiger partial charge in [0.05, 0.1) is 23.0 Å². The van der Waals surface area contributed by atoms with E-state index in [0.717, 1.165) is 6.42 Å². The number of nitrogens with zero attached hydrogens (tertiary/aromatic N) is 2. The molecule has 0 saturated heterocycles. The van der Waals surface area contributed by atoms with Crippen molar-refractivity contribution in [2.75, 3.05) is 13.2 Å². The van der Waals surface area contributed by atoms with Crippen LogP contribution in [0.3, 0.4) is 0 Å². The third-order valence-corrected chi connectivity index (χ3v) is 2.65. The van der Waals surface area contributed by atoms with E-state index in [9.17, 15) is 13.9 Å². The Morgan fingerprint density at radius 2 is 2.28 bits per heavy atom. The first-order chi connectivity index (χ1) is 8.56. The van der Waals surface area contributed by atoms with Crippen molar-refractivity contribution >= 4 is 11.6 Å². The Labute approximate surface area is 110 Å². The Bertz CT molecular complexity index is 361. The first-order valence-corrected chi connectivity index (χ1v) is 6.19. The lowest BCUT2D eigenvalue weighted by Crippen LogP contribution is -2.13. The van der Waals surface area contributed by atoms with E-state index in [1.807, 2.05) is 6.92 Å². The number of aryl methyl sites for hydroxylation is 1. The van der Waals surface area contributed by atoms with Gasteiger partial charge < -0.3 is 9.84 Å². The maximum atomic E-state index is 11.8. The summed E-state index contributed by atoms with van der Waals surface area (Å²) in [6, 6.07) is 0. The van der Waals surface area contributed by atoms with Gasteiger partial charge in [-0.1, -0.05) is 18.5 Å². The molecule has 18 heavy (non-hydrogen) atoms. The van der Waals surface area contributed by atoms with Gasteiger partial charge in [-0.3, -0.25) is 4.68 Å². The minimum atomic E-state index is -2.49. The zero-order valence-electron chi connectivity index (χ0n) is 10.2. The fourth-order valence-electron chi connectivity index (χ4n) is 1.60. The second kappa shape index (κ2) is 7.66. The fraction of sp³-hybridized carbons (Fsp3) is 0.727. The van der Waals surface area contributed by atoms with Crippen LogP contribution < -0.4 is 0 Å². The van der Waals surface area contributed by atoms with Crippen LogP contribution in [-0.4, -0.2) is 34.5 Å². The van der Waals surface area contributed by atoms with Crippen molar-refractivity contribution in [1.82, 2.24) is 9.78 Å². The van der Waals surface area contributed by atoms with Gasteiger partial charge in [-0.25, -0.2) is 8.78 Å². The number of halogens is 3. The molecule has 7 heteroatoms. The lowest BCUT2D eigenvalue weighted by Gasteiger charge is -2.13. The van der Waals surface area contributed by atoms with Crippen LogP contribution in [0.1, 0.15) is 31.6 Å². The van der Waals surface area contributed by atoms with E-state index in [0.29, 0.717) is 17.3 Å². The van der Waals surface area contributed by atoms with Crippen molar-refractivity contribution in [3.63, 3.8) is 0 Å². The van der Waals surface area contributed by atoms with Gasteiger partial charge in [-0.05, 0) is 6.42 Å². The van der Waals surface area contributed by atoms with Crippen LogP contribution >= 0.6 is 11.6 Å². The third kappa shape index (κ3) is 4.51. The minimum absolute atomic E-state index is 0.0547. The Kier molecular flexibility index (Phi) is 6.52. The third-order valence-electron chi connectivity index (χ3n) is 2.36. The topological polar surface area (TPSA) is 47.3 Å². The Balaban J connectivity index is 2.49. The van der Waals surface area contributed by atoms with E-state index in [1.54, 1.807) is 4.68 Å². The fourth-order valence-corrected chi connectivity index (χ4v) is 1.86. The molecule has 104 valence electrons. The molecule has 1 unspecified atom stereocenters. The smallest absolute Gasteiger partial charge is 0.261 e. The molecular formula is C11H17ClF2N2O2. The van der Waals surface area contributed by atoms with E-state index in [-0.39, 0.29) is 13.0 Å². The summed E-state index contributed by atoms with van der Waals surface area (Å²) in [6.45, 7) is 2.07. The molecule has 4 nitrogen and oxygen atoms in total. The molecule has 1 aromatic heterocycles. The van der Waals surface area contributed by atoms with Gasteiger partial charge in [0, 0.05) is 19.6 Å². The van der Waals surface area contributed by atoms with Crippen LogP contribution in [0.4, 0.5) is 8.78 Å². The van der Waals surface area contributed by atoms with Crippen molar-refractivity contribution in [2.24, 2.45) is 0 Å². The van der Waals surface area contributed by atoms with Crippen molar-refractivity contribution in [2.45, 2.75) is 38.8 Å². The van der Waals surface area contributed by atoms with Gasteiger partial charge in [-0.2, -0.15) is 5.10 Å². The zero-order valence-corrected chi connectivity index (χ0v) is 10.9. The van der Waals surface area contributed by atoms with Crippen LogP contribution in [0.15, 0.2) is 6.20 Å². The highest BCUT2D eigenvalue weighted by Gasteiger charge is 2.17. The molecule has 0 aliphatic carbocycles. The molecular weight excluding hydrogens is 266 g/mol. The summed E-state index contributed by atoms with van der Waals surface area (Å²) in [6.07, 6.45) is -0.808. The molecule has 1 N–H and O–H groups in total. The average molecular weight is 283 g/mol. The van der Waals surface area contributed by atoms with E-state index in [1.165, 1.54) is 6.20 Å². The van der Waals surface area contributed by atoms with Crippen molar-refractivity contribution in [1.29, 1.82) is 0 Å². The highest BCUT2D eigenvalue weighted by Crippen LogP contribution is 2.25. The average Bonchev–Trinajstić information content (AvgIpc) is 2.66. The number of hydrogen-bond donors (Lipinski definition) is 1. The lowest BCUT2D eigenvalue weighted by atomic mass is 10.2. The molecule has 0 aromatic carbocycles. The molecule has 0 fully saturated rings. The standard InChI is InChI=1S/C11H17ClF2N2O2/c1-2-4-16-11(8(12)6-15-16)9(17)3-5-18-7-10(13)14/h6,9-10,17H,2-5,7H2,1H3. The number of ether oxygens (including phenoxy) is 1. The van der Waals surface area contributed by atoms with E-state index in [2.05, 4.69) is 5.10 Å². The predicted octanol–water partition coefficient (Wildman–Crippen LogP) is 2.65. The second-order valence-electron chi connectivity index (χ2n) is 3.87. The van der Waals surface area contributed by atoms with Crippen LogP contribution in [0.2, 0.25) is 5.02 Å². The molecule has 0 aliphatic heterocycles. The second-order valence-corrected chi connectivity index (χ2v) is 4.28. The van der Waals surface area contributed by atoms with Gasteiger partial charge in [-0.15, -0.1) is 0 Å². The van der Waals surface area contributed by atoms with Gasteiger partial charge in [0.1, 0.15) is 6.61 Å². The van der Waals surface area contributed by atoms with Crippen LogP contribution in [-0.2, 0) is 11.3 Å². The zero-order chi connectivity index (χ0) is 13.5. The number of hydrogen-bond acceptors (Lipinski definition) is 3. The molecule has 1 aromatic rings. The first kappa shape index (κ1) is 15.3. The molecule has 0 radical (unpaired) electrons. The van der Waals surface area contributed by atoms with Gasteiger partial charge in [0.25, 0.3) is 6.43 Å². The van der Waals surface area contributed by atoms with Gasteiger partial charge in [0.15, 0.2) is 0 Å². The Hall–Kier alpha value is -0.720. The molecule has 0 spiro atoms. The van der Waals surface area contributed by atoms with Crippen LogP contribution in [0.5, 0.6) is 0 Å². The summed E-state index contributed by atoms with van der Waals surface area (Å²) in [5.74, 6) is 0. The number of alkyl halides is 2. The molecule has 0 aliphatic rings. The summed E-state index contributed by atoms with van der Waals surface area (Å²) < 4.78 is 30.0. The number of aliphatic hydroxyl groups excluding tert-OH is 1. The Morgan fingerprint density at radius 3 is 2.89 bits per heavy atom. The molecule has 1 atom stereocenters. The molecule has 1 heterocycles. The molecule has 0 bridgehead atoms. The maximum Gasteiger partial charge on any atom is 0.261 e. The summed E-state index contributed by atoms with van der Waals surface area (Å²) in [4.78, 5) is 0. The highest BCUT2D eigenvalue weighted by atomic mass is 35.5. The van der Waals surface area contributed by atoms with E-state index in [4.69, 9.17) is 16.3 Å². The normalized spacial score (nSPS) is 13.2. The minimum Gasteiger partial charge on any atom is -0.387 e. The monoisotopic (exact) mass is 282 g/mol. The number of rotatable bonds is 8. The summed E-state index contributed by atoms with van der Waals surface area (Å²) in [5.41, 5.74) is 0.513. The number of aromatic nitrogens is 2. The van der Waals surface area contributed by atoms with Crippen LogP contribution in [0, 0.1) is 0 Å². The number of aliphatic hydroxyl groups is 1. The molecule has 0 amide bonds. The van der Waals surface area contributed by atoms with Gasteiger partial charge >= 0.3 is 0 Å². The Morgan fingerprint density at radius 1 is 1.56 bits per heavy atom. The summed E-state index contributed by atoms with van der Waals surface area (Å²) in [5, 5.41) is 14.4. The van der Waals surface area contributed by atoms with Gasteiger partial charge in [0.2, 0.25) is 0 Å². The first-order valence-electron chi connectivity index (χ1n) is 5.81. The summed E-state index contributed by atoms with van der Waals surface area (Å²) in [7, 11) is 0. The lowest BCUT2D eigenvalue weighted by molar-refractivity contribution is 0.00394.